The third-order valence-corrected chi connectivity index (χ3v) is 6.89. The van der Waals surface area contributed by atoms with E-state index in [1.165, 1.54) is 12.1 Å². The van der Waals surface area contributed by atoms with Crippen LogP contribution in [-0.2, 0) is 10.7 Å². The average molecular weight is 414 g/mol. The van der Waals surface area contributed by atoms with Crippen LogP contribution in [0.1, 0.15) is 55.7 Å². The molecular formula is C25H29F2NO2. The van der Waals surface area contributed by atoms with Crippen LogP contribution in [0.25, 0.3) is 0 Å². The minimum atomic E-state index is -2.94. The van der Waals surface area contributed by atoms with Crippen molar-refractivity contribution in [2.45, 2.75) is 45.0 Å². The van der Waals surface area contributed by atoms with Gasteiger partial charge in [-0.05, 0) is 60.1 Å². The van der Waals surface area contributed by atoms with Gasteiger partial charge in [-0.25, -0.2) is 8.78 Å². The van der Waals surface area contributed by atoms with Gasteiger partial charge in [0.2, 0.25) is 0 Å². The highest BCUT2D eigenvalue weighted by Crippen LogP contribution is 2.53. The second kappa shape index (κ2) is 8.01. The van der Waals surface area contributed by atoms with E-state index in [0.29, 0.717) is 5.56 Å². The summed E-state index contributed by atoms with van der Waals surface area (Å²) in [5.41, 5.74) is 2.70. The number of phenols is 1. The Bertz CT molecular complexity index is 902. The summed E-state index contributed by atoms with van der Waals surface area (Å²) in [5, 5.41) is 9.81. The molecule has 4 rings (SSSR count). The number of carbonyl (C=O) groups is 1. The summed E-state index contributed by atoms with van der Waals surface area (Å²) in [5.74, 6) is -3.12. The smallest absolute Gasteiger partial charge is 0.274 e. The Kier molecular flexibility index (Phi) is 5.56. The van der Waals surface area contributed by atoms with Gasteiger partial charge in [-0.2, -0.15) is 0 Å². The molecule has 2 aromatic carbocycles. The first-order valence-corrected chi connectivity index (χ1v) is 10.8. The molecule has 2 aromatic rings. The summed E-state index contributed by atoms with van der Waals surface area (Å²) in [7, 11) is 0. The van der Waals surface area contributed by atoms with Crippen molar-refractivity contribution in [2.24, 2.45) is 17.8 Å². The zero-order valence-electron chi connectivity index (χ0n) is 17.5. The van der Waals surface area contributed by atoms with Crippen LogP contribution in [0.2, 0.25) is 0 Å². The second-order valence-corrected chi connectivity index (χ2v) is 9.12. The number of benzene rings is 2. The van der Waals surface area contributed by atoms with Crippen molar-refractivity contribution in [1.82, 2.24) is 0 Å². The highest BCUT2D eigenvalue weighted by molar-refractivity contribution is 5.56. The first-order chi connectivity index (χ1) is 14.3. The van der Waals surface area contributed by atoms with Gasteiger partial charge in [0, 0.05) is 42.6 Å². The minimum absolute atomic E-state index is 0.0515. The highest BCUT2D eigenvalue weighted by atomic mass is 19.3. The fourth-order valence-corrected chi connectivity index (χ4v) is 5.12. The molecule has 2 aliphatic rings. The summed E-state index contributed by atoms with van der Waals surface area (Å²) >= 11 is 0. The number of nitrogens with zero attached hydrogens (tertiary/aromatic N) is 1. The van der Waals surface area contributed by atoms with Crippen molar-refractivity contribution in [2.75, 3.05) is 18.0 Å². The van der Waals surface area contributed by atoms with Crippen LogP contribution in [0.4, 0.5) is 14.5 Å². The Hall–Kier alpha value is -2.43. The molecular weight excluding hydrogens is 384 g/mol. The Morgan fingerprint density at radius 3 is 2.37 bits per heavy atom. The van der Waals surface area contributed by atoms with E-state index in [-0.39, 0.29) is 41.4 Å². The monoisotopic (exact) mass is 413 g/mol. The normalized spacial score (nSPS) is 24.0. The van der Waals surface area contributed by atoms with Crippen LogP contribution < -0.4 is 4.90 Å². The number of halogens is 2. The highest BCUT2D eigenvalue weighted by Gasteiger charge is 2.47. The van der Waals surface area contributed by atoms with Gasteiger partial charge < -0.3 is 14.8 Å². The van der Waals surface area contributed by atoms with Gasteiger partial charge >= 0.3 is 0 Å². The number of alkyl halides is 2. The summed E-state index contributed by atoms with van der Waals surface area (Å²) in [6.45, 7) is 5.72. The Morgan fingerprint density at radius 1 is 1.10 bits per heavy atom. The number of piperidine rings is 1. The third-order valence-electron chi connectivity index (χ3n) is 6.89. The van der Waals surface area contributed by atoms with Crippen molar-refractivity contribution >= 4 is 12.0 Å². The standard InChI is InChI=1S/C25H29F2NO2/c1-16(2)22-14-25(26,27)23-13-20(30)7-8-21(23)24(22)18-3-5-19(6-4-18)28-11-9-17(15-29)10-12-28/h3-8,13,15-17,22,24,30H,9-12,14H2,1-2H3/t22-,24-/m0/s1. The number of anilines is 1. The van der Waals surface area contributed by atoms with Crippen LogP contribution in [-0.4, -0.2) is 24.5 Å². The minimum Gasteiger partial charge on any atom is -0.508 e. The molecule has 1 heterocycles. The molecule has 0 aromatic heterocycles. The molecule has 0 spiro atoms. The lowest BCUT2D eigenvalue weighted by atomic mass is 9.66. The van der Waals surface area contributed by atoms with E-state index in [1.54, 1.807) is 6.07 Å². The SMILES string of the molecule is CC(C)[C@@H]1CC(F)(F)c2cc(O)ccc2[C@@H]1c1ccc(N2CCC(C=O)CC2)cc1. The quantitative estimate of drug-likeness (QED) is 0.653. The predicted octanol–water partition coefficient (Wildman–Crippen LogP) is 5.71. The number of carbonyl (C=O) groups excluding carboxylic acids is 1. The first-order valence-electron chi connectivity index (χ1n) is 10.8. The van der Waals surface area contributed by atoms with Crippen molar-refractivity contribution in [3.8, 4) is 5.75 Å². The van der Waals surface area contributed by atoms with Gasteiger partial charge in [-0.3, -0.25) is 0 Å². The molecule has 0 amide bonds. The van der Waals surface area contributed by atoms with Crippen molar-refractivity contribution in [3.05, 3.63) is 59.2 Å². The fourth-order valence-electron chi connectivity index (χ4n) is 5.12. The average Bonchev–Trinajstić information content (AvgIpc) is 2.74. The lowest BCUT2D eigenvalue weighted by molar-refractivity contribution is -0.111. The Labute approximate surface area is 176 Å². The summed E-state index contributed by atoms with van der Waals surface area (Å²) < 4.78 is 29.8. The number of aromatic hydroxyl groups is 1. The number of fused-ring (bicyclic) bond motifs is 1. The molecule has 30 heavy (non-hydrogen) atoms. The molecule has 0 unspecified atom stereocenters. The van der Waals surface area contributed by atoms with Crippen LogP contribution in [0.3, 0.4) is 0 Å². The topological polar surface area (TPSA) is 40.5 Å². The van der Waals surface area contributed by atoms with Crippen LogP contribution in [0, 0.1) is 17.8 Å². The molecule has 2 atom stereocenters. The number of hydrogen-bond donors (Lipinski definition) is 1. The van der Waals surface area contributed by atoms with Crippen molar-refractivity contribution in [1.29, 1.82) is 0 Å². The molecule has 0 radical (unpaired) electrons. The van der Waals surface area contributed by atoms with Gasteiger partial charge in [0.1, 0.15) is 12.0 Å². The van der Waals surface area contributed by atoms with Gasteiger partial charge in [0.25, 0.3) is 5.92 Å². The number of phenolic OH excluding ortho intramolecular Hbond substituents is 1. The van der Waals surface area contributed by atoms with Crippen LogP contribution in [0.15, 0.2) is 42.5 Å². The number of rotatable bonds is 4. The van der Waals surface area contributed by atoms with E-state index >= 15 is 0 Å². The zero-order chi connectivity index (χ0) is 21.5. The molecule has 160 valence electrons. The van der Waals surface area contributed by atoms with Gasteiger partial charge in [-0.1, -0.05) is 32.0 Å². The summed E-state index contributed by atoms with van der Waals surface area (Å²) in [6.07, 6.45) is 2.58. The van der Waals surface area contributed by atoms with Crippen molar-refractivity contribution in [3.63, 3.8) is 0 Å². The maximum absolute atomic E-state index is 14.9. The van der Waals surface area contributed by atoms with E-state index in [1.807, 2.05) is 13.8 Å². The van der Waals surface area contributed by atoms with Gasteiger partial charge in [0.15, 0.2) is 0 Å². The Balaban J connectivity index is 1.67. The molecule has 0 saturated carbocycles. The van der Waals surface area contributed by atoms with E-state index in [9.17, 15) is 18.7 Å². The molecule has 1 aliphatic heterocycles. The third kappa shape index (κ3) is 3.82. The predicted molar refractivity (Wildman–Crippen MR) is 114 cm³/mol. The molecule has 1 aliphatic carbocycles. The van der Waals surface area contributed by atoms with Gasteiger partial charge in [-0.15, -0.1) is 0 Å². The van der Waals surface area contributed by atoms with E-state index in [0.717, 1.165) is 43.5 Å². The second-order valence-electron chi connectivity index (χ2n) is 9.12. The summed E-state index contributed by atoms with van der Waals surface area (Å²) in [6, 6.07) is 12.7. The maximum atomic E-state index is 14.9. The maximum Gasteiger partial charge on any atom is 0.274 e. The van der Waals surface area contributed by atoms with E-state index < -0.39 is 5.92 Å². The largest absolute Gasteiger partial charge is 0.508 e. The number of hydrogen-bond acceptors (Lipinski definition) is 3. The van der Waals surface area contributed by atoms with E-state index in [4.69, 9.17) is 0 Å². The first kappa shape index (κ1) is 20.8. The lowest BCUT2D eigenvalue weighted by Gasteiger charge is -2.40. The van der Waals surface area contributed by atoms with Crippen LogP contribution in [0.5, 0.6) is 5.75 Å². The molecule has 5 heteroatoms. The lowest BCUT2D eigenvalue weighted by Crippen LogP contribution is -2.35. The zero-order valence-corrected chi connectivity index (χ0v) is 17.5. The summed E-state index contributed by atoms with van der Waals surface area (Å²) in [4.78, 5) is 13.3. The molecule has 1 fully saturated rings. The number of aldehydes is 1. The van der Waals surface area contributed by atoms with Crippen molar-refractivity contribution < 1.29 is 18.7 Å². The molecule has 1 saturated heterocycles. The van der Waals surface area contributed by atoms with E-state index in [2.05, 4.69) is 29.2 Å². The Morgan fingerprint density at radius 2 is 1.77 bits per heavy atom. The van der Waals surface area contributed by atoms with Crippen LogP contribution >= 0.6 is 0 Å². The fraction of sp³-hybridized carbons (Fsp3) is 0.480. The molecule has 3 nitrogen and oxygen atoms in total. The molecule has 1 N–H and O–H groups in total. The van der Waals surface area contributed by atoms with Gasteiger partial charge in [0.05, 0.1) is 0 Å². The molecule has 0 bridgehead atoms.